The second-order valence-corrected chi connectivity index (χ2v) is 10.6. The third-order valence-electron chi connectivity index (χ3n) is 5.41. The van der Waals surface area contributed by atoms with Gasteiger partial charge in [0.15, 0.2) is 4.96 Å². The third-order valence-corrected chi connectivity index (χ3v) is 8.32. The number of nitrogens with one attached hydrogen (secondary N) is 1. The predicted octanol–water partition coefficient (Wildman–Crippen LogP) is 4.12. The summed E-state index contributed by atoms with van der Waals surface area (Å²) in [4.78, 5) is 18.1. The van der Waals surface area contributed by atoms with Crippen molar-refractivity contribution >= 4 is 49.5 Å². The van der Waals surface area contributed by atoms with Crippen molar-refractivity contribution in [1.82, 2.24) is 14.7 Å². The van der Waals surface area contributed by atoms with Crippen molar-refractivity contribution in [1.29, 1.82) is 0 Å². The first kappa shape index (κ1) is 21.0. The van der Waals surface area contributed by atoms with Gasteiger partial charge in [-0.05, 0) is 42.7 Å². The smallest absolute Gasteiger partial charge is 0.264 e. The molecule has 1 aliphatic heterocycles. The lowest BCUT2D eigenvalue weighted by atomic mass is 10.0. The number of anilines is 1. The molecule has 0 aliphatic carbocycles. The van der Waals surface area contributed by atoms with E-state index < -0.39 is 15.9 Å². The number of benzene rings is 2. The Morgan fingerprint density at radius 1 is 1.22 bits per heavy atom. The quantitative estimate of drug-likeness (QED) is 0.460. The Bertz CT molecular complexity index is 1400. The normalized spacial score (nSPS) is 13.8. The number of sulfonamides is 1. The van der Waals surface area contributed by atoms with E-state index in [4.69, 9.17) is 11.6 Å². The number of hydrogen-bond acceptors (Lipinski definition) is 5. The van der Waals surface area contributed by atoms with Crippen LogP contribution in [0.2, 0.25) is 5.02 Å². The highest BCUT2D eigenvalue weighted by Crippen LogP contribution is 2.32. The van der Waals surface area contributed by atoms with Crippen LogP contribution in [-0.4, -0.2) is 30.3 Å². The average molecular weight is 487 g/mol. The number of thiazole rings is 1. The van der Waals surface area contributed by atoms with Crippen molar-refractivity contribution in [2.75, 3.05) is 10.8 Å². The van der Waals surface area contributed by atoms with Gasteiger partial charge in [-0.15, -0.1) is 11.3 Å². The van der Waals surface area contributed by atoms with Crippen LogP contribution in [0.25, 0.3) is 4.96 Å². The second kappa shape index (κ2) is 8.23. The lowest BCUT2D eigenvalue weighted by Crippen LogP contribution is -2.35. The molecule has 5 rings (SSSR count). The molecule has 1 N–H and O–H groups in total. The molecule has 0 fully saturated rings. The molecule has 2 aromatic heterocycles. The Labute approximate surface area is 194 Å². The maximum absolute atomic E-state index is 13.4. The van der Waals surface area contributed by atoms with Gasteiger partial charge in [0, 0.05) is 24.3 Å². The lowest BCUT2D eigenvalue weighted by Gasteiger charge is -2.30. The lowest BCUT2D eigenvalue weighted by molar-refractivity contribution is 0.0950. The van der Waals surface area contributed by atoms with Crippen molar-refractivity contribution in [2.24, 2.45) is 0 Å². The van der Waals surface area contributed by atoms with Crippen LogP contribution in [0, 0.1) is 0 Å². The summed E-state index contributed by atoms with van der Waals surface area (Å²) in [5.41, 5.74) is 2.49. The van der Waals surface area contributed by atoms with E-state index in [0.717, 1.165) is 23.4 Å². The number of carbonyl (C=O) groups is 1. The first-order valence-electron chi connectivity index (χ1n) is 10.0. The largest absolute Gasteiger partial charge is 0.346 e. The molecule has 7 nitrogen and oxygen atoms in total. The first-order chi connectivity index (χ1) is 15.4. The molecule has 3 heterocycles. The van der Waals surface area contributed by atoms with Crippen LogP contribution in [0.5, 0.6) is 0 Å². The van der Waals surface area contributed by atoms with Crippen LogP contribution < -0.4 is 9.62 Å². The van der Waals surface area contributed by atoms with E-state index in [0.29, 0.717) is 17.9 Å². The van der Waals surface area contributed by atoms with E-state index in [1.807, 2.05) is 46.4 Å². The molecule has 164 valence electrons. The van der Waals surface area contributed by atoms with Gasteiger partial charge >= 0.3 is 0 Å². The van der Waals surface area contributed by atoms with Gasteiger partial charge in [0.1, 0.15) is 0 Å². The van der Waals surface area contributed by atoms with Crippen LogP contribution in [-0.2, 0) is 23.0 Å². The molecule has 0 unspecified atom stereocenters. The maximum atomic E-state index is 13.4. The standard InChI is InChI=1S/C22H19ClN4O3S2/c23-19-8-7-17(32(29,30)27-9-3-5-15-4-1-2-6-20(15)27)12-18(19)21(28)24-13-16-14-26-10-11-31-22(26)25-16/h1-2,4,6-8,10-12,14H,3,5,9,13H2,(H,24,28). The number of halogens is 1. The van der Waals surface area contributed by atoms with E-state index in [-0.39, 0.29) is 22.0 Å². The average Bonchev–Trinajstić information content (AvgIpc) is 3.39. The van der Waals surface area contributed by atoms with Crippen LogP contribution in [0.3, 0.4) is 0 Å². The SMILES string of the molecule is O=C(NCc1cn2ccsc2n1)c1cc(S(=O)(=O)N2CCCc3ccccc32)ccc1Cl. The minimum absolute atomic E-state index is 0.0336. The van der Waals surface area contributed by atoms with E-state index in [1.165, 1.54) is 33.8 Å². The van der Waals surface area contributed by atoms with Crippen LogP contribution >= 0.6 is 22.9 Å². The molecule has 10 heteroatoms. The Hall–Kier alpha value is -2.88. The van der Waals surface area contributed by atoms with Crippen molar-refractivity contribution < 1.29 is 13.2 Å². The van der Waals surface area contributed by atoms with Crippen LogP contribution in [0.1, 0.15) is 28.0 Å². The van der Waals surface area contributed by atoms with Gasteiger partial charge in [-0.3, -0.25) is 13.5 Å². The fraction of sp³-hybridized carbons (Fsp3) is 0.182. The van der Waals surface area contributed by atoms with E-state index >= 15 is 0 Å². The number of amides is 1. The molecule has 0 saturated carbocycles. The van der Waals surface area contributed by atoms with E-state index in [9.17, 15) is 13.2 Å². The van der Waals surface area contributed by atoms with Gasteiger partial charge in [0.05, 0.1) is 33.4 Å². The van der Waals surface area contributed by atoms with Crippen molar-refractivity contribution in [3.63, 3.8) is 0 Å². The fourth-order valence-corrected chi connectivity index (χ4v) is 6.33. The van der Waals surface area contributed by atoms with Gasteiger partial charge in [0.25, 0.3) is 15.9 Å². The monoisotopic (exact) mass is 486 g/mol. The van der Waals surface area contributed by atoms with E-state index in [2.05, 4.69) is 10.3 Å². The number of aryl methyl sites for hydroxylation is 1. The molecule has 0 spiro atoms. The highest BCUT2D eigenvalue weighted by molar-refractivity contribution is 7.92. The van der Waals surface area contributed by atoms with E-state index in [1.54, 1.807) is 0 Å². The van der Waals surface area contributed by atoms with Crippen molar-refractivity contribution in [2.45, 2.75) is 24.3 Å². The van der Waals surface area contributed by atoms with Crippen molar-refractivity contribution in [3.8, 4) is 0 Å². The Kier molecular flexibility index (Phi) is 5.40. The highest BCUT2D eigenvalue weighted by Gasteiger charge is 2.30. The Morgan fingerprint density at radius 3 is 2.91 bits per heavy atom. The summed E-state index contributed by atoms with van der Waals surface area (Å²) in [7, 11) is -3.84. The number of aromatic nitrogens is 2. The number of nitrogens with zero attached hydrogens (tertiary/aromatic N) is 3. The number of rotatable bonds is 5. The minimum atomic E-state index is -3.84. The third kappa shape index (κ3) is 3.76. The van der Waals surface area contributed by atoms with Crippen molar-refractivity contribution in [3.05, 3.63) is 82.1 Å². The maximum Gasteiger partial charge on any atom is 0.264 e. The summed E-state index contributed by atoms with van der Waals surface area (Å²) >= 11 is 7.75. The summed E-state index contributed by atoms with van der Waals surface area (Å²) in [5.74, 6) is -0.456. The molecule has 32 heavy (non-hydrogen) atoms. The molecule has 0 radical (unpaired) electrons. The summed E-state index contributed by atoms with van der Waals surface area (Å²) in [6.45, 7) is 0.598. The van der Waals surface area contributed by atoms with Gasteiger partial charge in [0.2, 0.25) is 0 Å². The minimum Gasteiger partial charge on any atom is -0.346 e. The van der Waals surface area contributed by atoms with Gasteiger partial charge in [-0.25, -0.2) is 13.4 Å². The summed E-state index contributed by atoms with van der Waals surface area (Å²) in [6, 6.07) is 11.7. The summed E-state index contributed by atoms with van der Waals surface area (Å²) in [6.07, 6.45) is 5.30. The predicted molar refractivity (Wildman–Crippen MR) is 125 cm³/mol. The number of para-hydroxylation sites is 1. The molecule has 0 saturated heterocycles. The van der Waals surface area contributed by atoms with Crippen LogP contribution in [0.4, 0.5) is 5.69 Å². The molecule has 0 bridgehead atoms. The number of hydrogen-bond donors (Lipinski definition) is 1. The van der Waals surface area contributed by atoms with Gasteiger partial charge < -0.3 is 5.32 Å². The van der Waals surface area contributed by atoms with Crippen LogP contribution in [0.15, 0.2) is 65.1 Å². The fourth-order valence-electron chi connectivity index (χ4n) is 3.84. The number of carbonyl (C=O) groups excluding carboxylic acids is 1. The zero-order valence-corrected chi connectivity index (χ0v) is 19.3. The van der Waals surface area contributed by atoms with Gasteiger partial charge in [-0.2, -0.15) is 0 Å². The molecule has 1 amide bonds. The summed E-state index contributed by atoms with van der Waals surface area (Å²) < 4.78 is 30.1. The Balaban J connectivity index is 1.40. The number of fused-ring (bicyclic) bond motifs is 2. The molecular formula is C22H19ClN4O3S2. The number of imidazole rings is 1. The summed E-state index contributed by atoms with van der Waals surface area (Å²) in [5, 5.41) is 4.89. The topological polar surface area (TPSA) is 83.8 Å². The highest BCUT2D eigenvalue weighted by atomic mass is 35.5. The second-order valence-electron chi connectivity index (χ2n) is 7.46. The molecule has 4 aromatic rings. The first-order valence-corrected chi connectivity index (χ1v) is 12.7. The van der Waals surface area contributed by atoms with Gasteiger partial charge in [-0.1, -0.05) is 29.8 Å². The Morgan fingerprint density at radius 2 is 2.06 bits per heavy atom. The molecule has 1 aliphatic rings. The molecule has 2 aromatic carbocycles. The zero-order valence-electron chi connectivity index (χ0n) is 16.9. The molecular weight excluding hydrogens is 468 g/mol. The zero-order chi connectivity index (χ0) is 22.3. The molecule has 0 atom stereocenters.